The number of aromatic nitrogens is 2. The first kappa shape index (κ1) is 12.0. The van der Waals surface area contributed by atoms with E-state index in [9.17, 15) is 0 Å². The molecule has 0 radical (unpaired) electrons. The second-order valence-corrected chi connectivity index (χ2v) is 5.60. The fourth-order valence-corrected chi connectivity index (χ4v) is 3.26. The number of hydrogen-bond acceptors (Lipinski definition) is 2. The predicted octanol–water partition coefficient (Wildman–Crippen LogP) is 3.00. The number of hydrogen-bond donors (Lipinski definition) is 1. The molecule has 1 atom stereocenters. The standard InChI is InChI=1S/C14H18ClN3/c1-9-6-11(15)7-12-13(9)18(2)14(17-12)10-4-3-5-16-8-10/h6-7,10,16H,3-5,8H2,1-2H3. The molecule has 18 heavy (non-hydrogen) atoms. The quantitative estimate of drug-likeness (QED) is 0.857. The van der Waals surface area contributed by atoms with E-state index >= 15 is 0 Å². The topological polar surface area (TPSA) is 29.9 Å². The Morgan fingerprint density at radius 2 is 2.28 bits per heavy atom. The predicted molar refractivity (Wildman–Crippen MR) is 75.3 cm³/mol. The molecule has 1 saturated heterocycles. The molecule has 2 heterocycles. The third-order valence-electron chi connectivity index (χ3n) is 3.82. The number of fused-ring (bicyclic) bond motifs is 1. The highest BCUT2D eigenvalue weighted by Crippen LogP contribution is 2.29. The SMILES string of the molecule is Cc1cc(Cl)cc2nc(C3CCCNC3)n(C)c12. The van der Waals surface area contributed by atoms with E-state index in [4.69, 9.17) is 16.6 Å². The lowest BCUT2D eigenvalue weighted by molar-refractivity contribution is 0.440. The normalized spacial score (nSPS) is 20.5. The van der Waals surface area contributed by atoms with E-state index in [1.807, 2.05) is 12.1 Å². The van der Waals surface area contributed by atoms with Crippen molar-refractivity contribution < 1.29 is 0 Å². The minimum Gasteiger partial charge on any atom is -0.331 e. The van der Waals surface area contributed by atoms with Gasteiger partial charge in [-0.2, -0.15) is 0 Å². The molecular formula is C14H18ClN3. The van der Waals surface area contributed by atoms with E-state index in [-0.39, 0.29) is 0 Å². The number of rotatable bonds is 1. The third kappa shape index (κ3) is 1.91. The van der Waals surface area contributed by atoms with E-state index in [1.165, 1.54) is 29.7 Å². The van der Waals surface area contributed by atoms with Crippen molar-refractivity contribution in [3.63, 3.8) is 0 Å². The van der Waals surface area contributed by atoms with Gasteiger partial charge in [-0.05, 0) is 44.0 Å². The summed E-state index contributed by atoms with van der Waals surface area (Å²) in [6, 6.07) is 3.97. The summed E-state index contributed by atoms with van der Waals surface area (Å²) in [4.78, 5) is 4.80. The highest BCUT2D eigenvalue weighted by molar-refractivity contribution is 6.31. The van der Waals surface area contributed by atoms with Crippen molar-refractivity contribution in [3.05, 3.63) is 28.5 Å². The molecule has 0 aliphatic carbocycles. The molecule has 1 aliphatic rings. The summed E-state index contributed by atoms with van der Waals surface area (Å²) in [6.45, 7) is 4.26. The summed E-state index contributed by atoms with van der Waals surface area (Å²) >= 11 is 6.11. The van der Waals surface area contributed by atoms with Crippen LogP contribution in [0.25, 0.3) is 11.0 Å². The van der Waals surface area contributed by atoms with Crippen LogP contribution in [-0.4, -0.2) is 22.6 Å². The van der Waals surface area contributed by atoms with Crippen LogP contribution in [-0.2, 0) is 7.05 Å². The van der Waals surface area contributed by atoms with Crippen LogP contribution in [0.15, 0.2) is 12.1 Å². The lowest BCUT2D eigenvalue weighted by Gasteiger charge is -2.22. The molecule has 0 amide bonds. The van der Waals surface area contributed by atoms with Gasteiger partial charge < -0.3 is 9.88 Å². The van der Waals surface area contributed by atoms with Crippen molar-refractivity contribution in [1.82, 2.24) is 14.9 Å². The highest BCUT2D eigenvalue weighted by Gasteiger charge is 2.21. The number of piperidine rings is 1. The van der Waals surface area contributed by atoms with Crippen LogP contribution >= 0.6 is 11.6 Å². The van der Waals surface area contributed by atoms with Gasteiger partial charge in [0.05, 0.1) is 11.0 Å². The van der Waals surface area contributed by atoms with Gasteiger partial charge >= 0.3 is 0 Å². The van der Waals surface area contributed by atoms with Crippen molar-refractivity contribution in [2.24, 2.45) is 7.05 Å². The van der Waals surface area contributed by atoms with E-state index in [0.29, 0.717) is 5.92 Å². The van der Waals surface area contributed by atoms with Crippen LogP contribution in [0.5, 0.6) is 0 Å². The van der Waals surface area contributed by atoms with Gasteiger partial charge in [0.15, 0.2) is 0 Å². The summed E-state index contributed by atoms with van der Waals surface area (Å²) in [6.07, 6.45) is 2.45. The zero-order chi connectivity index (χ0) is 12.7. The average molecular weight is 264 g/mol. The largest absolute Gasteiger partial charge is 0.331 e. The van der Waals surface area contributed by atoms with Crippen molar-refractivity contribution in [3.8, 4) is 0 Å². The fourth-order valence-electron chi connectivity index (χ4n) is 2.99. The maximum atomic E-state index is 6.11. The van der Waals surface area contributed by atoms with Gasteiger partial charge in [0.1, 0.15) is 5.82 Å². The minimum absolute atomic E-state index is 0.523. The molecule has 0 spiro atoms. The lowest BCUT2D eigenvalue weighted by atomic mass is 9.99. The number of benzene rings is 1. The first-order valence-corrected chi connectivity index (χ1v) is 6.88. The summed E-state index contributed by atoms with van der Waals surface area (Å²) in [5, 5.41) is 4.22. The van der Waals surface area contributed by atoms with Crippen molar-refractivity contribution in [2.45, 2.75) is 25.7 Å². The zero-order valence-corrected chi connectivity index (χ0v) is 11.6. The Labute approximate surface area is 112 Å². The van der Waals surface area contributed by atoms with E-state index in [2.05, 4.69) is 23.9 Å². The van der Waals surface area contributed by atoms with Crippen LogP contribution in [0.3, 0.4) is 0 Å². The van der Waals surface area contributed by atoms with E-state index in [0.717, 1.165) is 23.6 Å². The molecule has 3 nitrogen and oxygen atoms in total. The van der Waals surface area contributed by atoms with Gasteiger partial charge in [-0.1, -0.05) is 11.6 Å². The number of aryl methyl sites for hydroxylation is 2. The first-order chi connectivity index (χ1) is 8.66. The number of imidazole rings is 1. The molecule has 1 N–H and O–H groups in total. The molecule has 4 heteroatoms. The maximum absolute atomic E-state index is 6.11. The first-order valence-electron chi connectivity index (χ1n) is 6.50. The van der Waals surface area contributed by atoms with E-state index in [1.54, 1.807) is 0 Å². The molecule has 1 fully saturated rings. The molecule has 0 bridgehead atoms. The number of nitrogens with zero attached hydrogens (tertiary/aromatic N) is 2. The maximum Gasteiger partial charge on any atom is 0.114 e. The fraction of sp³-hybridized carbons (Fsp3) is 0.500. The van der Waals surface area contributed by atoms with Gasteiger partial charge in [0.25, 0.3) is 0 Å². The van der Waals surface area contributed by atoms with Crippen LogP contribution in [0, 0.1) is 6.92 Å². The highest BCUT2D eigenvalue weighted by atomic mass is 35.5. The monoisotopic (exact) mass is 263 g/mol. The molecule has 3 rings (SSSR count). The summed E-state index contributed by atoms with van der Waals surface area (Å²) in [7, 11) is 2.11. The molecule has 0 saturated carbocycles. The van der Waals surface area contributed by atoms with Gasteiger partial charge in [0, 0.05) is 24.5 Å². The molecule has 1 aromatic heterocycles. The molecule has 96 valence electrons. The molecular weight excluding hydrogens is 246 g/mol. The molecule has 2 aromatic rings. The second kappa shape index (κ2) is 4.56. The Morgan fingerprint density at radius 1 is 1.44 bits per heavy atom. The lowest BCUT2D eigenvalue weighted by Crippen LogP contribution is -2.29. The number of nitrogens with one attached hydrogen (secondary N) is 1. The average Bonchev–Trinajstić information content (AvgIpc) is 2.67. The summed E-state index contributed by atoms with van der Waals surface area (Å²) in [5.41, 5.74) is 3.42. The number of halogens is 1. The second-order valence-electron chi connectivity index (χ2n) is 5.16. The van der Waals surface area contributed by atoms with Gasteiger partial charge in [0.2, 0.25) is 0 Å². The van der Waals surface area contributed by atoms with Crippen LogP contribution in [0.2, 0.25) is 5.02 Å². The Kier molecular flexibility index (Phi) is 3.04. The summed E-state index contributed by atoms with van der Waals surface area (Å²) < 4.78 is 2.23. The van der Waals surface area contributed by atoms with Gasteiger partial charge in [-0.3, -0.25) is 0 Å². The Bertz CT molecular complexity index is 582. The Hall–Kier alpha value is -1.06. The third-order valence-corrected chi connectivity index (χ3v) is 4.04. The summed E-state index contributed by atoms with van der Waals surface area (Å²) in [5.74, 6) is 1.71. The minimum atomic E-state index is 0.523. The van der Waals surface area contributed by atoms with Crippen LogP contribution in [0.4, 0.5) is 0 Å². The molecule has 1 unspecified atom stereocenters. The van der Waals surface area contributed by atoms with Crippen molar-refractivity contribution in [1.29, 1.82) is 0 Å². The molecule has 1 aliphatic heterocycles. The van der Waals surface area contributed by atoms with E-state index < -0.39 is 0 Å². The van der Waals surface area contributed by atoms with Crippen LogP contribution < -0.4 is 5.32 Å². The zero-order valence-electron chi connectivity index (χ0n) is 10.8. The smallest absolute Gasteiger partial charge is 0.114 e. The Balaban J connectivity index is 2.13. The van der Waals surface area contributed by atoms with Crippen LogP contribution in [0.1, 0.15) is 30.1 Å². The Morgan fingerprint density at radius 3 is 3.00 bits per heavy atom. The van der Waals surface area contributed by atoms with Gasteiger partial charge in [-0.25, -0.2) is 4.98 Å². The van der Waals surface area contributed by atoms with Crippen molar-refractivity contribution in [2.75, 3.05) is 13.1 Å². The van der Waals surface area contributed by atoms with Crippen molar-refractivity contribution >= 4 is 22.6 Å². The molecule has 1 aromatic carbocycles. The van der Waals surface area contributed by atoms with Gasteiger partial charge in [-0.15, -0.1) is 0 Å².